The molecule has 4 amide bonds. The number of carbonyl (C=O) groups excluding carboxylic acids is 4. The summed E-state index contributed by atoms with van der Waals surface area (Å²) in [7, 11) is 0. The van der Waals surface area contributed by atoms with Crippen LogP contribution >= 0.6 is 0 Å². The van der Waals surface area contributed by atoms with Gasteiger partial charge >= 0.3 is 0 Å². The number of phenols is 4. The molecule has 0 unspecified atom stereocenters. The molecule has 4 aromatic rings. The summed E-state index contributed by atoms with van der Waals surface area (Å²) in [6, 6.07) is 15.6. The van der Waals surface area contributed by atoms with Gasteiger partial charge in [0.05, 0.1) is 11.1 Å². The van der Waals surface area contributed by atoms with Gasteiger partial charge < -0.3 is 20.4 Å². The number of amides is 4. The van der Waals surface area contributed by atoms with Crippen molar-refractivity contribution in [2.24, 2.45) is 0 Å². The third-order valence-electron chi connectivity index (χ3n) is 11.9. The van der Waals surface area contributed by atoms with Gasteiger partial charge in [-0.1, -0.05) is 117 Å². The van der Waals surface area contributed by atoms with Crippen LogP contribution in [0.15, 0.2) is 60.7 Å². The highest BCUT2D eigenvalue weighted by atomic mass is 16.3. The molecule has 0 saturated carbocycles. The van der Waals surface area contributed by atoms with E-state index in [9.17, 15) is 39.6 Å². The topological polar surface area (TPSA) is 197 Å². The monoisotopic (exact) mass is 893 g/mol. The van der Waals surface area contributed by atoms with Gasteiger partial charge in [-0.3, -0.25) is 40.9 Å². The fourth-order valence-corrected chi connectivity index (χ4v) is 8.01. The van der Waals surface area contributed by atoms with Gasteiger partial charge in [-0.25, -0.2) is 0 Å². The SMILES string of the molecule is CCCCCCc1cc(C(=O)NNC(=O)c2cc(Cc3ccc(O)c(C(=O)NNC(=O)c4cc(CCCCCC)c(O)c(CCCCCC)c4)c3)ccc2O)cc(CCCCCC)c1O. The molecule has 0 aliphatic heterocycles. The average Bonchev–Trinajstić information content (AvgIpc) is 3.30. The number of carbonyl (C=O) groups is 4. The molecule has 0 saturated heterocycles. The molecule has 0 spiro atoms. The van der Waals surface area contributed by atoms with Gasteiger partial charge in [0.1, 0.15) is 23.0 Å². The predicted molar refractivity (Wildman–Crippen MR) is 256 cm³/mol. The minimum absolute atomic E-state index is 0.0938. The molecule has 65 heavy (non-hydrogen) atoms. The summed E-state index contributed by atoms with van der Waals surface area (Å²) in [5.41, 5.74) is 14.2. The van der Waals surface area contributed by atoms with E-state index >= 15 is 0 Å². The van der Waals surface area contributed by atoms with Crippen LogP contribution in [0.2, 0.25) is 0 Å². The summed E-state index contributed by atoms with van der Waals surface area (Å²) in [4.78, 5) is 53.5. The summed E-state index contributed by atoms with van der Waals surface area (Å²) in [6.45, 7) is 8.54. The number of phenolic OH excluding ortho intramolecular Hbond substituents is 4. The first-order valence-electron chi connectivity index (χ1n) is 23.9. The summed E-state index contributed by atoms with van der Waals surface area (Å²) < 4.78 is 0. The highest BCUT2D eigenvalue weighted by Crippen LogP contribution is 2.30. The van der Waals surface area contributed by atoms with Crippen molar-refractivity contribution in [3.05, 3.63) is 116 Å². The number of nitrogens with one attached hydrogen (secondary N) is 4. The van der Waals surface area contributed by atoms with Crippen LogP contribution in [0.3, 0.4) is 0 Å². The van der Waals surface area contributed by atoms with Gasteiger partial charge in [0.2, 0.25) is 0 Å². The molecule has 0 bridgehead atoms. The molecule has 0 fully saturated rings. The minimum atomic E-state index is -0.751. The first kappa shape index (κ1) is 51.6. The highest BCUT2D eigenvalue weighted by molar-refractivity contribution is 6.02. The Hall–Kier alpha value is -6.04. The smallest absolute Gasteiger partial charge is 0.273 e. The molecule has 0 atom stereocenters. The number of hydrazine groups is 2. The van der Waals surface area contributed by atoms with E-state index in [1.807, 2.05) is 0 Å². The van der Waals surface area contributed by atoms with Crippen molar-refractivity contribution in [2.75, 3.05) is 0 Å². The maximum atomic E-state index is 13.4. The number of hydrogen-bond acceptors (Lipinski definition) is 8. The van der Waals surface area contributed by atoms with Crippen molar-refractivity contribution in [1.29, 1.82) is 0 Å². The van der Waals surface area contributed by atoms with E-state index in [1.165, 1.54) is 24.3 Å². The molecule has 0 aliphatic rings. The quantitative estimate of drug-likeness (QED) is 0.0225. The molecule has 352 valence electrons. The summed E-state index contributed by atoms with van der Waals surface area (Å²) in [6.07, 6.45) is 19.0. The molecule has 8 N–H and O–H groups in total. The van der Waals surface area contributed by atoms with E-state index < -0.39 is 23.6 Å². The van der Waals surface area contributed by atoms with Gasteiger partial charge in [-0.15, -0.1) is 0 Å². The summed E-state index contributed by atoms with van der Waals surface area (Å²) >= 11 is 0. The van der Waals surface area contributed by atoms with Crippen LogP contribution in [0.1, 0.15) is 205 Å². The van der Waals surface area contributed by atoms with Gasteiger partial charge in [0.15, 0.2) is 0 Å². The Morgan fingerprint density at radius 1 is 0.385 bits per heavy atom. The molecular weight excluding hydrogens is 821 g/mol. The number of unbranched alkanes of at least 4 members (excludes halogenated alkanes) is 12. The van der Waals surface area contributed by atoms with E-state index in [2.05, 4.69) is 49.4 Å². The lowest BCUT2D eigenvalue weighted by molar-refractivity contribution is 0.0844. The molecule has 4 aromatic carbocycles. The zero-order valence-electron chi connectivity index (χ0n) is 39.0. The van der Waals surface area contributed by atoms with Crippen LogP contribution in [-0.4, -0.2) is 44.1 Å². The average molecular weight is 893 g/mol. The molecule has 0 aromatic heterocycles. The highest BCUT2D eigenvalue weighted by Gasteiger charge is 2.20. The Balaban J connectivity index is 1.42. The van der Waals surface area contributed by atoms with E-state index in [0.29, 0.717) is 70.2 Å². The van der Waals surface area contributed by atoms with Crippen LogP contribution in [0.5, 0.6) is 23.0 Å². The summed E-state index contributed by atoms with van der Waals surface area (Å²) in [5, 5.41) is 43.5. The first-order valence-corrected chi connectivity index (χ1v) is 23.9. The molecule has 0 heterocycles. The van der Waals surface area contributed by atoms with Crippen LogP contribution in [-0.2, 0) is 32.1 Å². The van der Waals surface area contributed by atoms with E-state index in [0.717, 1.165) is 103 Å². The maximum absolute atomic E-state index is 13.4. The van der Waals surface area contributed by atoms with Crippen LogP contribution in [0.25, 0.3) is 0 Å². The van der Waals surface area contributed by atoms with Crippen molar-refractivity contribution >= 4 is 23.6 Å². The first-order chi connectivity index (χ1) is 31.4. The van der Waals surface area contributed by atoms with Crippen LogP contribution in [0, 0.1) is 0 Å². The fraction of sp³-hybridized carbons (Fsp3) is 0.472. The fourth-order valence-electron chi connectivity index (χ4n) is 8.01. The van der Waals surface area contributed by atoms with Gasteiger partial charge in [0, 0.05) is 11.1 Å². The minimum Gasteiger partial charge on any atom is -0.507 e. The normalized spacial score (nSPS) is 11.0. The molecule has 0 radical (unpaired) electrons. The van der Waals surface area contributed by atoms with Crippen molar-refractivity contribution in [3.63, 3.8) is 0 Å². The van der Waals surface area contributed by atoms with Crippen molar-refractivity contribution in [3.8, 4) is 23.0 Å². The van der Waals surface area contributed by atoms with Crippen molar-refractivity contribution < 1.29 is 39.6 Å². The van der Waals surface area contributed by atoms with Gasteiger partial charge in [0.25, 0.3) is 23.6 Å². The second kappa shape index (κ2) is 27.3. The lowest BCUT2D eigenvalue weighted by Crippen LogP contribution is -2.41. The summed E-state index contributed by atoms with van der Waals surface area (Å²) in [5.74, 6) is -2.79. The molecule has 12 nitrogen and oxygen atoms in total. The third kappa shape index (κ3) is 16.2. The standard InChI is InChI=1S/C53H72N4O8/c1-5-9-13-17-21-38-32-42(33-39(48(38)60)22-18-14-10-6-2)50(62)54-56-52(64)44-30-36(25-27-46(44)58)29-37-26-28-47(59)45(31-37)53(65)57-55-51(63)43-34-40(23-19-15-11-7-3)49(61)41(35-43)24-20-16-12-8-4/h25-28,30-35,58-61H,5-24,29H2,1-4H3,(H,54,62)(H,55,63)(H,56,64)(H,57,65). The van der Waals surface area contributed by atoms with E-state index in [1.54, 1.807) is 36.4 Å². The van der Waals surface area contributed by atoms with E-state index in [-0.39, 0.29) is 40.5 Å². The number of hydrogen-bond donors (Lipinski definition) is 8. The molecule has 0 aliphatic carbocycles. The number of aromatic hydroxyl groups is 4. The molecular formula is C53H72N4O8. The van der Waals surface area contributed by atoms with Crippen molar-refractivity contribution in [2.45, 2.75) is 163 Å². The Morgan fingerprint density at radius 2 is 0.677 bits per heavy atom. The maximum Gasteiger partial charge on any atom is 0.273 e. The largest absolute Gasteiger partial charge is 0.507 e. The Kier molecular flexibility index (Phi) is 21.7. The van der Waals surface area contributed by atoms with E-state index in [4.69, 9.17) is 0 Å². The number of aryl methyl sites for hydroxylation is 4. The van der Waals surface area contributed by atoms with Crippen LogP contribution in [0.4, 0.5) is 0 Å². The Bertz CT molecular complexity index is 1980. The predicted octanol–water partition coefficient (Wildman–Crippen LogP) is 10.7. The number of benzene rings is 4. The van der Waals surface area contributed by atoms with Gasteiger partial charge in [-0.05, 0) is 140 Å². The zero-order chi connectivity index (χ0) is 47.1. The second-order valence-corrected chi connectivity index (χ2v) is 17.2. The van der Waals surface area contributed by atoms with Crippen molar-refractivity contribution in [1.82, 2.24) is 21.7 Å². The third-order valence-corrected chi connectivity index (χ3v) is 11.9. The van der Waals surface area contributed by atoms with Gasteiger partial charge in [-0.2, -0.15) is 0 Å². The zero-order valence-corrected chi connectivity index (χ0v) is 39.0. The second-order valence-electron chi connectivity index (χ2n) is 17.2. The van der Waals surface area contributed by atoms with Crippen LogP contribution < -0.4 is 21.7 Å². The lowest BCUT2D eigenvalue weighted by Gasteiger charge is -2.15. The molecule has 4 rings (SSSR count). The Labute approximate surface area is 385 Å². The lowest BCUT2D eigenvalue weighted by atomic mass is 9.96. The Morgan fingerprint density at radius 3 is 0.969 bits per heavy atom. The number of rotatable bonds is 26. The molecule has 12 heteroatoms.